The van der Waals surface area contributed by atoms with Gasteiger partial charge in [0.05, 0.1) is 16.6 Å². The van der Waals surface area contributed by atoms with Crippen molar-refractivity contribution in [2.24, 2.45) is 0 Å². The third-order valence-corrected chi connectivity index (χ3v) is 3.86. The topological polar surface area (TPSA) is 26.3 Å². The number of carbonyl (C=O) groups is 1. The molecule has 0 unspecified atom stereocenters. The molecule has 0 amide bonds. The van der Waals surface area contributed by atoms with E-state index in [2.05, 4.69) is 22.0 Å². The second-order valence-corrected chi connectivity index (χ2v) is 5.34. The van der Waals surface area contributed by atoms with E-state index in [1.807, 2.05) is 23.6 Å². The zero-order chi connectivity index (χ0) is 12.1. The number of carbonyl (C=O) groups excluding carboxylic acids is 1. The van der Waals surface area contributed by atoms with Crippen LogP contribution in [0.25, 0.3) is 0 Å². The fraction of sp³-hybridized carbons (Fsp3) is 0.154. The SMILES string of the molecule is O=Cc1cccc(Br)c1OCCc1cccs1. The van der Waals surface area contributed by atoms with Crippen molar-refractivity contribution >= 4 is 33.6 Å². The van der Waals surface area contributed by atoms with Crippen molar-refractivity contribution in [3.63, 3.8) is 0 Å². The standard InChI is InChI=1S/C13H11BrO2S/c14-12-5-1-3-10(9-15)13(12)16-7-6-11-4-2-8-17-11/h1-5,8-9H,6-7H2. The van der Waals surface area contributed by atoms with E-state index < -0.39 is 0 Å². The Morgan fingerprint density at radius 1 is 1.29 bits per heavy atom. The van der Waals surface area contributed by atoms with Crippen LogP contribution >= 0.6 is 27.3 Å². The number of aldehydes is 1. The van der Waals surface area contributed by atoms with E-state index >= 15 is 0 Å². The van der Waals surface area contributed by atoms with Gasteiger partial charge in [0.15, 0.2) is 6.29 Å². The van der Waals surface area contributed by atoms with Gasteiger partial charge in [-0.15, -0.1) is 11.3 Å². The number of halogens is 1. The minimum Gasteiger partial charge on any atom is -0.491 e. The summed E-state index contributed by atoms with van der Waals surface area (Å²) in [5.74, 6) is 0.624. The monoisotopic (exact) mass is 310 g/mol. The molecule has 4 heteroatoms. The molecule has 1 aromatic heterocycles. The van der Waals surface area contributed by atoms with Gasteiger partial charge in [-0.1, -0.05) is 12.1 Å². The van der Waals surface area contributed by atoms with E-state index in [4.69, 9.17) is 4.74 Å². The van der Waals surface area contributed by atoms with Crippen molar-refractivity contribution in [1.29, 1.82) is 0 Å². The summed E-state index contributed by atoms with van der Waals surface area (Å²) in [4.78, 5) is 12.2. The molecule has 0 aliphatic heterocycles. The minimum absolute atomic E-state index is 0.573. The number of ether oxygens (including phenoxy) is 1. The number of thiophene rings is 1. The van der Waals surface area contributed by atoms with Crippen molar-refractivity contribution in [3.8, 4) is 5.75 Å². The van der Waals surface area contributed by atoms with Crippen LogP contribution in [0, 0.1) is 0 Å². The van der Waals surface area contributed by atoms with Crippen molar-refractivity contribution < 1.29 is 9.53 Å². The summed E-state index contributed by atoms with van der Waals surface area (Å²) >= 11 is 5.10. The molecule has 0 spiro atoms. The van der Waals surface area contributed by atoms with Gasteiger partial charge in [-0.05, 0) is 39.5 Å². The molecule has 17 heavy (non-hydrogen) atoms. The van der Waals surface area contributed by atoms with Crippen LogP contribution in [0.1, 0.15) is 15.2 Å². The summed E-state index contributed by atoms with van der Waals surface area (Å²) in [7, 11) is 0. The fourth-order valence-electron chi connectivity index (χ4n) is 1.48. The Kier molecular flexibility index (Phi) is 4.34. The van der Waals surface area contributed by atoms with E-state index in [9.17, 15) is 4.79 Å². The third kappa shape index (κ3) is 3.17. The van der Waals surface area contributed by atoms with Gasteiger partial charge in [0.25, 0.3) is 0 Å². The Morgan fingerprint density at radius 2 is 2.18 bits per heavy atom. The maximum Gasteiger partial charge on any atom is 0.153 e. The maximum atomic E-state index is 10.9. The van der Waals surface area contributed by atoms with Crippen molar-refractivity contribution in [2.45, 2.75) is 6.42 Å². The molecule has 0 saturated carbocycles. The molecule has 2 nitrogen and oxygen atoms in total. The van der Waals surface area contributed by atoms with E-state index in [-0.39, 0.29) is 0 Å². The van der Waals surface area contributed by atoms with Crippen LogP contribution in [0.15, 0.2) is 40.2 Å². The Labute approximate surface area is 112 Å². The van der Waals surface area contributed by atoms with Crippen LogP contribution in [0.5, 0.6) is 5.75 Å². The van der Waals surface area contributed by atoms with Crippen LogP contribution in [0.3, 0.4) is 0 Å². The lowest BCUT2D eigenvalue weighted by Crippen LogP contribution is -2.02. The van der Waals surface area contributed by atoms with Gasteiger partial charge in [-0.25, -0.2) is 0 Å². The summed E-state index contributed by atoms with van der Waals surface area (Å²) in [6.07, 6.45) is 1.67. The Bertz CT molecular complexity index is 494. The second kappa shape index (κ2) is 5.98. The first-order valence-corrected chi connectivity index (χ1v) is 6.87. The van der Waals surface area contributed by atoms with Gasteiger partial charge in [-0.2, -0.15) is 0 Å². The minimum atomic E-state index is 0.573. The zero-order valence-electron chi connectivity index (χ0n) is 9.06. The highest BCUT2D eigenvalue weighted by Crippen LogP contribution is 2.28. The molecular formula is C13H11BrO2S. The lowest BCUT2D eigenvalue weighted by Gasteiger charge is -2.09. The average Bonchev–Trinajstić information content (AvgIpc) is 2.84. The van der Waals surface area contributed by atoms with E-state index in [0.29, 0.717) is 17.9 Å². The lowest BCUT2D eigenvalue weighted by molar-refractivity contribution is 0.111. The van der Waals surface area contributed by atoms with Crippen LogP contribution in [-0.2, 0) is 6.42 Å². The fourth-order valence-corrected chi connectivity index (χ4v) is 2.67. The number of benzene rings is 1. The summed E-state index contributed by atoms with van der Waals surface area (Å²) < 4.78 is 6.47. The number of rotatable bonds is 5. The third-order valence-electron chi connectivity index (χ3n) is 2.30. The summed E-state index contributed by atoms with van der Waals surface area (Å²) in [5, 5.41) is 2.05. The Morgan fingerprint density at radius 3 is 2.88 bits per heavy atom. The first-order valence-electron chi connectivity index (χ1n) is 5.20. The molecule has 2 rings (SSSR count). The Hall–Kier alpha value is -1.13. The van der Waals surface area contributed by atoms with Crippen LogP contribution < -0.4 is 4.74 Å². The van der Waals surface area contributed by atoms with Gasteiger partial charge in [0.2, 0.25) is 0 Å². The highest BCUT2D eigenvalue weighted by Gasteiger charge is 2.07. The van der Waals surface area contributed by atoms with Gasteiger partial charge in [-0.3, -0.25) is 4.79 Å². The average molecular weight is 311 g/mol. The van der Waals surface area contributed by atoms with E-state index in [1.165, 1.54) is 4.88 Å². The number of para-hydroxylation sites is 1. The maximum absolute atomic E-state index is 10.9. The van der Waals surface area contributed by atoms with Crippen molar-refractivity contribution in [1.82, 2.24) is 0 Å². The van der Waals surface area contributed by atoms with Crippen LogP contribution in [0.2, 0.25) is 0 Å². The largest absolute Gasteiger partial charge is 0.491 e. The molecule has 1 aromatic carbocycles. The smallest absolute Gasteiger partial charge is 0.153 e. The predicted octanol–water partition coefficient (Wildman–Crippen LogP) is 3.94. The first-order chi connectivity index (χ1) is 8.31. The van der Waals surface area contributed by atoms with Crippen molar-refractivity contribution in [3.05, 3.63) is 50.6 Å². The van der Waals surface area contributed by atoms with Gasteiger partial charge in [0.1, 0.15) is 5.75 Å². The number of hydrogen-bond donors (Lipinski definition) is 0. The quantitative estimate of drug-likeness (QED) is 0.782. The molecule has 0 fully saturated rings. The molecule has 0 saturated heterocycles. The van der Waals surface area contributed by atoms with Gasteiger partial charge in [0, 0.05) is 11.3 Å². The predicted molar refractivity (Wildman–Crippen MR) is 73.0 cm³/mol. The molecule has 0 aliphatic rings. The molecule has 0 radical (unpaired) electrons. The van der Waals surface area contributed by atoms with Crippen molar-refractivity contribution in [2.75, 3.05) is 6.61 Å². The molecule has 1 heterocycles. The molecule has 88 valence electrons. The molecule has 0 atom stereocenters. The molecule has 0 bridgehead atoms. The lowest BCUT2D eigenvalue weighted by atomic mass is 10.2. The normalized spacial score (nSPS) is 10.2. The summed E-state index contributed by atoms with van der Waals surface area (Å²) in [6, 6.07) is 9.54. The van der Waals surface area contributed by atoms with Gasteiger partial charge < -0.3 is 4.74 Å². The van der Waals surface area contributed by atoms with Crippen LogP contribution in [0.4, 0.5) is 0 Å². The molecule has 2 aromatic rings. The summed E-state index contributed by atoms with van der Waals surface area (Å²) in [5.41, 5.74) is 0.575. The summed E-state index contributed by atoms with van der Waals surface area (Å²) in [6.45, 7) is 0.573. The van der Waals surface area contributed by atoms with Crippen LogP contribution in [-0.4, -0.2) is 12.9 Å². The second-order valence-electron chi connectivity index (χ2n) is 3.45. The van der Waals surface area contributed by atoms with E-state index in [0.717, 1.165) is 17.2 Å². The molecule has 0 N–H and O–H groups in total. The number of hydrogen-bond acceptors (Lipinski definition) is 3. The Balaban J connectivity index is 2.01. The molecular weight excluding hydrogens is 300 g/mol. The highest BCUT2D eigenvalue weighted by molar-refractivity contribution is 9.10. The molecule has 0 aliphatic carbocycles. The zero-order valence-corrected chi connectivity index (χ0v) is 11.5. The van der Waals surface area contributed by atoms with E-state index in [1.54, 1.807) is 17.4 Å². The highest BCUT2D eigenvalue weighted by atomic mass is 79.9. The first kappa shape index (κ1) is 12.3. The van der Waals surface area contributed by atoms with Gasteiger partial charge >= 0.3 is 0 Å².